The topological polar surface area (TPSA) is 12.0 Å². The third-order valence-corrected chi connectivity index (χ3v) is 4.92. The maximum absolute atomic E-state index is 14.6. The van der Waals surface area contributed by atoms with Crippen molar-refractivity contribution in [2.75, 3.05) is 13.1 Å². The van der Waals surface area contributed by atoms with Crippen molar-refractivity contribution in [2.45, 2.75) is 31.9 Å². The Balaban J connectivity index is 2.00. The molecule has 0 bridgehead atoms. The minimum atomic E-state index is -1.09. The van der Waals surface area contributed by atoms with Crippen LogP contribution in [0.2, 0.25) is 0 Å². The van der Waals surface area contributed by atoms with E-state index in [4.69, 9.17) is 0 Å². The molecule has 2 rings (SSSR count). The molecule has 1 aromatic rings. The highest BCUT2D eigenvalue weighted by Gasteiger charge is 2.35. The normalized spacial score (nSPS) is 25.3. The van der Waals surface area contributed by atoms with E-state index in [9.17, 15) is 4.39 Å². The molecule has 0 amide bonds. The molecule has 1 nitrogen and oxygen atoms in total. The van der Waals surface area contributed by atoms with Gasteiger partial charge < -0.3 is 5.32 Å². The molecule has 4 heteroatoms. The van der Waals surface area contributed by atoms with Crippen LogP contribution in [-0.4, -0.2) is 18.8 Å². The zero-order valence-corrected chi connectivity index (χ0v) is 11.8. The fraction of sp³-hybridized carbons (Fsp3) is 0.667. The van der Waals surface area contributed by atoms with E-state index in [2.05, 4.69) is 21.2 Å². The summed E-state index contributed by atoms with van der Waals surface area (Å²) in [6.45, 7) is 3.61. The first-order valence-corrected chi connectivity index (χ1v) is 7.33. The van der Waals surface area contributed by atoms with Gasteiger partial charge in [-0.15, -0.1) is 11.3 Å². The Kier molecular flexibility index (Phi) is 4.03. The van der Waals surface area contributed by atoms with Crippen molar-refractivity contribution in [3.05, 3.63) is 20.8 Å². The first kappa shape index (κ1) is 12.5. The predicted molar refractivity (Wildman–Crippen MR) is 70.8 cm³/mol. The molecule has 1 aromatic heterocycles. The van der Waals surface area contributed by atoms with Gasteiger partial charge >= 0.3 is 0 Å². The molecule has 0 radical (unpaired) electrons. The Labute approximate surface area is 109 Å². The lowest BCUT2D eigenvalue weighted by molar-refractivity contribution is 0.0842. The lowest BCUT2D eigenvalue weighted by Gasteiger charge is -2.33. The van der Waals surface area contributed by atoms with Crippen molar-refractivity contribution in [1.82, 2.24) is 5.32 Å². The molecule has 0 spiro atoms. The molecule has 0 saturated carbocycles. The Morgan fingerprint density at radius 1 is 1.62 bits per heavy atom. The lowest BCUT2D eigenvalue weighted by Crippen LogP contribution is -2.42. The molecular weight excluding hydrogens is 289 g/mol. The van der Waals surface area contributed by atoms with Crippen molar-refractivity contribution < 1.29 is 4.39 Å². The number of hydrogen-bond acceptors (Lipinski definition) is 2. The monoisotopic (exact) mass is 305 g/mol. The molecule has 1 fully saturated rings. The predicted octanol–water partition coefficient (Wildman–Crippen LogP) is 3.78. The van der Waals surface area contributed by atoms with Crippen LogP contribution >= 0.6 is 27.3 Å². The summed E-state index contributed by atoms with van der Waals surface area (Å²) in [4.78, 5) is 1.13. The van der Waals surface area contributed by atoms with Crippen LogP contribution in [-0.2, 0) is 6.42 Å². The molecule has 0 aromatic carbocycles. The first-order chi connectivity index (χ1) is 7.58. The summed E-state index contributed by atoms with van der Waals surface area (Å²) in [6, 6.07) is 4.01. The highest BCUT2D eigenvalue weighted by molar-refractivity contribution is 9.11. The summed E-state index contributed by atoms with van der Waals surface area (Å²) < 4.78 is 15.7. The van der Waals surface area contributed by atoms with E-state index in [0.29, 0.717) is 6.42 Å². The van der Waals surface area contributed by atoms with Crippen LogP contribution in [0, 0.1) is 5.92 Å². The van der Waals surface area contributed by atoms with Crippen LogP contribution in [0.4, 0.5) is 4.39 Å². The van der Waals surface area contributed by atoms with Gasteiger partial charge in [-0.1, -0.05) is 0 Å². The molecule has 0 aliphatic carbocycles. The third kappa shape index (κ3) is 3.05. The van der Waals surface area contributed by atoms with Gasteiger partial charge in [-0.2, -0.15) is 0 Å². The van der Waals surface area contributed by atoms with Crippen molar-refractivity contribution >= 4 is 27.3 Å². The number of halogens is 2. The van der Waals surface area contributed by atoms with E-state index in [1.165, 1.54) is 0 Å². The molecule has 2 unspecified atom stereocenters. The van der Waals surface area contributed by atoms with E-state index >= 15 is 0 Å². The second-order valence-corrected chi connectivity index (χ2v) is 7.25. The molecule has 2 heterocycles. The molecule has 1 saturated heterocycles. The zero-order valence-electron chi connectivity index (χ0n) is 9.43. The van der Waals surface area contributed by atoms with Crippen molar-refractivity contribution in [3.8, 4) is 0 Å². The minimum Gasteiger partial charge on any atom is -0.316 e. The SMILES string of the molecule is CC(F)(Cc1ccc(Br)s1)C1CCCNC1. The Hall–Kier alpha value is 0.0700. The standard InChI is InChI=1S/C12H17BrFNS/c1-12(14,9-3-2-6-15-8-9)7-10-4-5-11(13)16-10/h4-5,9,15H,2-3,6-8H2,1H3. The maximum atomic E-state index is 14.6. The lowest BCUT2D eigenvalue weighted by atomic mass is 9.82. The molecule has 2 atom stereocenters. The third-order valence-electron chi connectivity index (χ3n) is 3.30. The second kappa shape index (κ2) is 5.15. The van der Waals surface area contributed by atoms with Gasteiger partial charge in [0.2, 0.25) is 0 Å². The van der Waals surface area contributed by atoms with Crippen LogP contribution in [0.5, 0.6) is 0 Å². The number of hydrogen-bond donors (Lipinski definition) is 1. The average molecular weight is 306 g/mol. The maximum Gasteiger partial charge on any atom is 0.117 e. The Morgan fingerprint density at radius 2 is 2.44 bits per heavy atom. The van der Waals surface area contributed by atoms with Crippen molar-refractivity contribution in [1.29, 1.82) is 0 Å². The molecular formula is C12H17BrFNS. The largest absolute Gasteiger partial charge is 0.316 e. The summed E-state index contributed by atoms with van der Waals surface area (Å²) in [5.41, 5.74) is -1.09. The van der Waals surface area contributed by atoms with Crippen LogP contribution < -0.4 is 5.32 Å². The van der Waals surface area contributed by atoms with Gasteiger partial charge in [0.1, 0.15) is 5.67 Å². The van der Waals surface area contributed by atoms with E-state index in [0.717, 1.165) is 34.6 Å². The van der Waals surface area contributed by atoms with Gasteiger partial charge in [0.25, 0.3) is 0 Å². The number of alkyl halides is 1. The smallest absolute Gasteiger partial charge is 0.117 e. The van der Waals surface area contributed by atoms with Gasteiger partial charge in [0, 0.05) is 23.8 Å². The van der Waals surface area contributed by atoms with Crippen LogP contribution in [0.1, 0.15) is 24.6 Å². The van der Waals surface area contributed by atoms with E-state index in [1.54, 1.807) is 18.3 Å². The highest BCUT2D eigenvalue weighted by atomic mass is 79.9. The van der Waals surface area contributed by atoms with Gasteiger partial charge in [-0.3, -0.25) is 0 Å². The van der Waals surface area contributed by atoms with E-state index < -0.39 is 5.67 Å². The number of thiophene rings is 1. The number of rotatable bonds is 3. The summed E-state index contributed by atoms with van der Waals surface area (Å²) in [7, 11) is 0. The quantitative estimate of drug-likeness (QED) is 0.896. The summed E-state index contributed by atoms with van der Waals surface area (Å²) >= 11 is 5.05. The van der Waals surface area contributed by atoms with E-state index in [1.807, 2.05) is 12.1 Å². The van der Waals surface area contributed by atoms with Crippen LogP contribution in [0.15, 0.2) is 15.9 Å². The van der Waals surface area contributed by atoms with Crippen molar-refractivity contribution in [2.24, 2.45) is 5.92 Å². The van der Waals surface area contributed by atoms with Crippen molar-refractivity contribution in [3.63, 3.8) is 0 Å². The average Bonchev–Trinajstić information content (AvgIpc) is 2.64. The van der Waals surface area contributed by atoms with Crippen LogP contribution in [0.3, 0.4) is 0 Å². The molecule has 1 aliphatic rings. The minimum absolute atomic E-state index is 0.155. The van der Waals surface area contributed by atoms with E-state index in [-0.39, 0.29) is 5.92 Å². The second-order valence-electron chi connectivity index (χ2n) is 4.70. The zero-order chi connectivity index (χ0) is 11.6. The fourth-order valence-corrected chi connectivity index (χ4v) is 3.93. The summed E-state index contributed by atoms with van der Waals surface area (Å²) in [6.07, 6.45) is 2.64. The molecule has 16 heavy (non-hydrogen) atoms. The van der Waals surface area contributed by atoms with Gasteiger partial charge in [0.05, 0.1) is 3.79 Å². The summed E-state index contributed by atoms with van der Waals surface area (Å²) in [5, 5.41) is 3.29. The highest BCUT2D eigenvalue weighted by Crippen LogP contribution is 2.34. The van der Waals surface area contributed by atoms with Crippen LogP contribution in [0.25, 0.3) is 0 Å². The molecule has 1 aliphatic heterocycles. The summed E-state index contributed by atoms with van der Waals surface area (Å²) in [5.74, 6) is 0.155. The van der Waals surface area contributed by atoms with Gasteiger partial charge in [0.15, 0.2) is 0 Å². The number of nitrogens with one attached hydrogen (secondary N) is 1. The fourth-order valence-electron chi connectivity index (χ4n) is 2.30. The Morgan fingerprint density at radius 3 is 3.00 bits per heavy atom. The van der Waals surface area contributed by atoms with Gasteiger partial charge in [-0.25, -0.2) is 4.39 Å². The number of piperidine rings is 1. The first-order valence-electron chi connectivity index (χ1n) is 5.72. The van der Waals surface area contributed by atoms with Gasteiger partial charge in [-0.05, 0) is 54.4 Å². The molecule has 90 valence electrons. The Bertz CT molecular complexity index is 345. The molecule has 1 N–H and O–H groups in total.